The number of rotatable bonds is 6. The zero-order valence-corrected chi connectivity index (χ0v) is 9.96. The Balaban J connectivity index is 2.26. The summed E-state index contributed by atoms with van der Waals surface area (Å²) in [6, 6.07) is 4.23. The number of nitrogens with one attached hydrogen (secondary N) is 1. The van der Waals surface area contributed by atoms with Crippen LogP contribution >= 0.6 is 23.1 Å². The van der Waals surface area contributed by atoms with Gasteiger partial charge in [0.15, 0.2) is 0 Å². The van der Waals surface area contributed by atoms with Crippen LogP contribution < -0.4 is 5.32 Å². The van der Waals surface area contributed by atoms with E-state index in [0.29, 0.717) is 0 Å². The second-order valence-corrected chi connectivity index (χ2v) is 4.72. The molecular weight excluding hydrogens is 210 g/mol. The number of allylic oxidation sites excluding steroid dienone is 2. The van der Waals surface area contributed by atoms with Crippen LogP contribution in [0.3, 0.4) is 0 Å². The first-order valence-corrected chi connectivity index (χ1v) is 6.56. The summed E-state index contributed by atoms with van der Waals surface area (Å²) in [6.07, 6.45) is 5.97. The van der Waals surface area contributed by atoms with Gasteiger partial charge in [0.25, 0.3) is 0 Å². The molecule has 0 saturated heterocycles. The van der Waals surface area contributed by atoms with E-state index in [-0.39, 0.29) is 0 Å². The van der Waals surface area contributed by atoms with Crippen molar-refractivity contribution in [3.05, 3.63) is 46.0 Å². The van der Waals surface area contributed by atoms with Crippen LogP contribution in [0, 0.1) is 0 Å². The van der Waals surface area contributed by atoms with Crippen molar-refractivity contribution >= 4 is 23.1 Å². The maximum absolute atomic E-state index is 3.69. The Labute approximate surface area is 93.9 Å². The first-order valence-electron chi connectivity index (χ1n) is 4.45. The second kappa shape index (κ2) is 6.87. The van der Waals surface area contributed by atoms with E-state index in [1.54, 1.807) is 23.1 Å². The fourth-order valence-electron chi connectivity index (χ4n) is 1.05. The van der Waals surface area contributed by atoms with Crippen molar-refractivity contribution in [2.24, 2.45) is 0 Å². The minimum Gasteiger partial charge on any atom is -0.307 e. The number of thiophene rings is 1. The minimum absolute atomic E-state index is 0.922. The van der Waals surface area contributed by atoms with E-state index < -0.39 is 0 Å². The van der Waals surface area contributed by atoms with E-state index in [4.69, 9.17) is 0 Å². The predicted molar refractivity (Wildman–Crippen MR) is 67.8 cm³/mol. The maximum Gasteiger partial charge on any atom is 0.0303 e. The van der Waals surface area contributed by atoms with Gasteiger partial charge in [0.1, 0.15) is 0 Å². The molecule has 76 valence electrons. The molecule has 0 fully saturated rings. The van der Waals surface area contributed by atoms with Crippen LogP contribution in [0.2, 0.25) is 0 Å². The molecule has 3 heteroatoms. The second-order valence-electron chi connectivity index (χ2n) is 2.76. The number of hydrogen-bond donors (Lipinski definition) is 1. The Morgan fingerprint density at radius 2 is 2.57 bits per heavy atom. The molecule has 0 radical (unpaired) electrons. The average Bonchev–Trinajstić information content (AvgIpc) is 2.69. The van der Waals surface area contributed by atoms with E-state index in [2.05, 4.69) is 35.7 Å². The molecule has 0 amide bonds. The lowest BCUT2D eigenvalue weighted by molar-refractivity contribution is 0.765. The van der Waals surface area contributed by atoms with Gasteiger partial charge in [-0.2, -0.15) is 0 Å². The largest absolute Gasteiger partial charge is 0.307 e. The molecule has 1 heterocycles. The molecule has 1 nitrogen and oxygen atoms in total. The molecule has 0 aliphatic carbocycles. The summed E-state index contributed by atoms with van der Waals surface area (Å²) in [5, 5.41) is 5.50. The average molecular weight is 225 g/mol. The predicted octanol–water partition coefficient (Wildman–Crippen LogP) is 3.27. The van der Waals surface area contributed by atoms with Gasteiger partial charge in [-0.1, -0.05) is 24.8 Å². The smallest absolute Gasteiger partial charge is 0.0303 e. The SMILES string of the molecule is C=C/C=C(/CNCc1cccs1)SC. The van der Waals surface area contributed by atoms with E-state index in [0.717, 1.165) is 13.1 Å². The maximum atomic E-state index is 3.69. The standard InChI is InChI=1S/C11H15NS2/c1-3-5-10(13-2)8-12-9-11-6-4-7-14-11/h3-7,12H,1,8-9H2,2H3/b10-5-. The zero-order chi connectivity index (χ0) is 10.2. The topological polar surface area (TPSA) is 12.0 Å². The van der Waals surface area contributed by atoms with Crippen molar-refractivity contribution in [3.8, 4) is 0 Å². The van der Waals surface area contributed by atoms with Crippen molar-refractivity contribution in [2.75, 3.05) is 12.8 Å². The van der Waals surface area contributed by atoms with Crippen molar-refractivity contribution < 1.29 is 0 Å². The molecule has 0 unspecified atom stereocenters. The highest BCUT2D eigenvalue weighted by molar-refractivity contribution is 8.02. The van der Waals surface area contributed by atoms with Gasteiger partial charge in [0.05, 0.1) is 0 Å². The summed E-state index contributed by atoms with van der Waals surface area (Å²) in [5.74, 6) is 0. The highest BCUT2D eigenvalue weighted by Gasteiger charge is 1.95. The van der Waals surface area contributed by atoms with Crippen molar-refractivity contribution in [3.63, 3.8) is 0 Å². The molecule has 14 heavy (non-hydrogen) atoms. The highest BCUT2D eigenvalue weighted by atomic mass is 32.2. The van der Waals surface area contributed by atoms with E-state index in [9.17, 15) is 0 Å². The first kappa shape index (κ1) is 11.6. The molecular formula is C11H15NS2. The van der Waals surface area contributed by atoms with Crippen molar-refractivity contribution in [1.82, 2.24) is 5.32 Å². The summed E-state index contributed by atoms with van der Waals surface area (Å²) in [7, 11) is 0. The lowest BCUT2D eigenvalue weighted by Crippen LogP contribution is -2.14. The molecule has 0 spiro atoms. The lowest BCUT2D eigenvalue weighted by Gasteiger charge is -2.04. The molecule has 1 rings (SSSR count). The molecule has 0 atom stereocenters. The summed E-state index contributed by atoms with van der Waals surface area (Å²) in [6.45, 7) is 5.56. The van der Waals surface area contributed by atoms with Crippen LogP contribution in [0.25, 0.3) is 0 Å². The van der Waals surface area contributed by atoms with Crippen LogP contribution in [0.1, 0.15) is 4.88 Å². The Bertz CT molecular complexity index is 288. The van der Waals surface area contributed by atoms with Gasteiger partial charge in [-0.3, -0.25) is 0 Å². The Morgan fingerprint density at radius 1 is 1.71 bits per heavy atom. The van der Waals surface area contributed by atoms with Gasteiger partial charge in [0.2, 0.25) is 0 Å². The molecule has 0 aliphatic rings. The monoisotopic (exact) mass is 225 g/mol. The van der Waals surface area contributed by atoms with Gasteiger partial charge < -0.3 is 5.32 Å². The molecule has 0 aliphatic heterocycles. The summed E-state index contributed by atoms with van der Waals surface area (Å²) < 4.78 is 0. The van der Waals surface area contributed by atoms with Crippen LogP contribution in [0.4, 0.5) is 0 Å². The van der Waals surface area contributed by atoms with Crippen molar-refractivity contribution in [2.45, 2.75) is 6.54 Å². The Morgan fingerprint density at radius 3 is 3.14 bits per heavy atom. The third kappa shape index (κ3) is 4.13. The van der Waals surface area contributed by atoms with Crippen molar-refractivity contribution in [1.29, 1.82) is 0 Å². The minimum atomic E-state index is 0.922. The summed E-state index contributed by atoms with van der Waals surface area (Å²) in [4.78, 5) is 2.70. The van der Waals surface area contributed by atoms with E-state index in [1.807, 2.05) is 12.2 Å². The van der Waals surface area contributed by atoms with Crippen LogP contribution in [-0.4, -0.2) is 12.8 Å². The Hall–Kier alpha value is -0.510. The molecule has 1 N–H and O–H groups in total. The van der Waals surface area contributed by atoms with E-state index in [1.165, 1.54) is 9.78 Å². The zero-order valence-electron chi connectivity index (χ0n) is 8.32. The first-order chi connectivity index (χ1) is 6.86. The fraction of sp³-hybridized carbons (Fsp3) is 0.273. The van der Waals surface area contributed by atoms with Gasteiger partial charge >= 0.3 is 0 Å². The van der Waals surface area contributed by atoms with Crippen LogP contribution in [-0.2, 0) is 6.54 Å². The van der Waals surface area contributed by atoms with Gasteiger partial charge in [-0.05, 0) is 22.6 Å². The Kier molecular flexibility index (Phi) is 5.68. The number of thioether (sulfide) groups is 1. The summed E-state index contributed by atoms with van der Waals surface area (Å²) >= 11 is 3.55. The molecule has 0 saturated carbocycles. The van der Waals surface area contributed by atoms with Gasteiger partial charge in [-0.15, -0.1) is 23.1 Å². The molecule has 1 aromatic heterocycles. The fourth-order valence-corrected chi connectivity index (χ4v) is 2.21. The normalized spacial score (nSPS) is 11.6. The lowest BCUT2D eigenvalue weighted by atomic mass is 10.4. The third-order valence-electron chi connectivity index (χ3n) is 1.74. The van der Waals surface area contributed by atoms with Crippen LogP contribution in [0.15, 0.2) is 41.1 Å². The molecule has 0 bridgehead atoms. The van der Waals surface area contributed by atoms with Gasteiger partial charge in [0, 0.05) is 18.0 Å². The van der Waals surface area contributed by atoms with Gasteiger partial charge in [-0.25, -0.2) is 0 Å². The third-order valence-corrected chi connectivity index (χ3v) is 3.43. The highest BCUT2D eigenvalue weighted by Crippen LogP contribution is 2.11. The summed E-state index contributed by atoms with van der Waals surface area (Å²) in [5.41, 5.74) is 0. The van der Waals surface area contributed by atoms with Crippen LogP contribution in [0.5, 0.6) is 0 Å². The quantitative estimate of drug-likeness (QED) is 0.746. The van der Waals surface area contributed by atoms with E-state index >= 15 is 0 Å². The number of hydrogen-bond acceptors (Lipinski definition) is 3. The molecule has 1 aromatic rings. The molecule has 0 aromatic carbocycles.